The third-order valence-corrected chi connectivity index (χ3v) is 6.37. The lowest BCUT2D eigenvalue weighted by Gasteiger charge is -2.32. The van der Waals surface area contributed by atoms with Gasteiger partial charge in [0.2, 0.25) is 10.0 Å². The molecule has 0 aromatic heterocycles. The molecule has 3 rings (SSSR count). The van der Waals surface area contributed by atoms with Gasteiger partial charge in [-0.3, -0.25) is 9.52 Å². The Balaban J connectivity index is 1.55. The molecule has 2 aromatic rings. The first-order valence-electron chi connectivity index (χ1n) is 11.3. The summed E-state index contributed by atoms with van der Waals surface area (Å²) in [7, 11) is -1.77. The number of rotatable bonds is 8. The van der Waals surface area contributed by atoms with Crippen molar-refractivity contribution in [2.75, 3.05) is 51.0 Å². The summed E-state index contributed by atoms with van der Waals surface area (Å²) >= 11 is 0. The molecule has 7 nitrogen and oxygen atoms in total. The average molecular weight is 485 g/mol. The molecule has 1 fully saturated rings. The summed E-state index contributed by atoms with van der Waals surface area (Å²) in [5.74, 6) is 6.42. The maximum Gasteiger partial charge on any atom is 0.253 e. The molecule has 0 spiro atoms. The lowest BCUT2D eigenvalue weighted by atomic mass is 9.89. The third kappa shape index (κ3) is 7.59. The van der Waals surface area contributed by atoms with Gasteiger partial charge in [-0.1, -0.05) is 30.0 Å². The van der Waals surface area contributed by atoms with Crippen molar-refractivity contribution >= 4 is 21.6 Å². The minimum absolute atomic E-state index is 0.0756. The number of methoxy groups -OCH3 is 1. The Morgan fingerprint density at radius 2 is 1.82 bits per heavy atom. The molecule has 182 valence electrons. The van der Waals surface area contributed by atoms with Gasteiger partial charge in [-0.15, -0.1) is 0 Å². The summed E-state index contributed by atoms with van der Waals surface area (Å²) in [6.07, 6.45) is 2.86. The highest BCUT2D eigenvalue weighted by atomic mass is 32.2. The van der Waals surface area contributed by atoms with E-state index in [2.05, 4.69) is 28.7 Å². The van der Waals surface area contributed by atoms with Gasteiger partial charge in [0.1, 0.15) is 6.61 Å². The minimum atomic E-state index is -3.41. The van der Waals surface area contributed by atoms with Crippen LogP contribution in [-0.4, -0.2) is 65.5 Å². The van der Waals surface area contributed by atoms with Crippen LogP contribution in [0.25, 0.3) is 0 Å². The lowest BCUT2D eigenvalue weighted by Crippen LogP contribution is -2.38. The van der Waals surface area contributed by atoms with Gasteiger partial charge < -0.3 is 14.4 Å². The van der Waals surface area contributed by atoms with Gasteiger partial charge >= 0.3 is 0 Å². The van der Waals surface area contributed by atoms with Crippen molar-refractivity contribution in [3.05, 3.63) is 64.7 Å². The quantitative estimate of drug-likeness (QED) is 0.459. The highest BCUT2D eigenvalue weighted by Crippen LogP contribution is 2.29. The van der Waals surface area contributed by atoms with Gasteiger partial charge in [-0.25, -0.2) is 8.42 Å². The number of anilines is 1. The van der Waals surface area contributed by atoms with Gasteiger partial charge in [0.25, 0.3) is 5.91 Å². The lowest BCUT2D eigenvalue weighted by molar-refractivity contribution is 0.0713. The molecular weight excluding hydrogens is 452 g/mol. The van der Waals surface area contributed by atoms with Crippen LogP contribution in [0.4, 0.5) is 5.69 Å². The number of hydrogen-bond acceptors (Lipinski definition) is 5. The molecule has 0 radical (unpaired) electrons. The van der Waals surface area contributed by atoms with Crippen molar-refractivity contribution < 1.29 is 22.7 Å². The predicted octanol–water partition coefficient (Wildman–Crippen LogP) is 3.40. The average Bonchev–Trinajstić information content (AvgIpc) is 2.82. The Morgan fingerprint density at radius 3 is 2.47 bits per heavy atom. The molecule has 1 heterocycles. The fraction of sp³-hybridized carbons (Fsp3) is 0.423. The monoisotopic (exact) mass is 484 g/mol. The van der Waals surface area contributed by atoms with E-state index in [-0.39, 0.29) is 5.91 Å². The molecular formula is C26H32N2O5S. The van der Waals surface area contributed by atoms with Gasteiger partial charge in [0.05, 0.1) is 25.2 Å². The number of ether oxygens (including phenoxy) is 2. The molecule has 0 unspecified atom stereocenters. The van der Waals surface area contributed by atoms with Crippen LogP contribution < -0.4 is 4.72 Å². The number of nitrogens with one attached hydrogen (secondary N) is 1. The summed E-state index contributed by atoms with van der Waals surface area (Å²) < 4.78 is 36.0. The van der Waals surface area contributed by atoms with Gasteiger partial charge in [-0.05, 0) is 61.1 Å². The number of piperidine rings is 1. The van der Waals surface area contributed by atoms with Crippen LogP contribution in [-0.2, 0) is 19.5 Å². The zero-order chi connectivity index (χ0) is 24.6. The molecule has 1 saturated heterocycles. The number of hydrogen-bond donors (Lipinski definition) is 1. The number of sulfonamides is 1. The maximum atomic E-state index is 13.0. The maximum absolute atomic E-state index is 13.0. The topological polar surface area (TPSA) is 84.9 Å². The van der Waals surface area contributed by atoms with Gasteiger partial charge in [0, 0.05) is 31.3 Å². The molecule has 0 bridgehead atoms. The number of carbonyl (C=O) groups excluding carboxylic acids is 1. The number of aryl methyl sites for hydroxylation is 1. The van der Waals surface area contributed by atoms with Crippen LogP contribution in [0.1, 0.15) is 45.8 Å². The van der Waals surface area contributed by atoms with E-state index < -0.39 is 10.0 Å². The summed E-state index contributed by atoms with van der Waals surface area (Å²) in [6, 6.07) is 13.4. The van der Waals surface area contributed by atoms with E-state index in [0.717, 1.165) is 30.2 Å². The van der Waals surface area contributed by atoms with E-state index in [4.69, 9.17) is 9.47 Å². The van der Waals surface area contributed by atoms with E-state index >= 15 is 0 Å². The molecule has 1 N–H and O–H groups in total. The number of benzene rings is 2. The van der Waals surface area contributed by atoms with Crippen LogP contribution in [0, 0.1) is 18.8 Å². The Labute approximate surface area is 202 Å². The molecule has 2 aromatic carbocycles. The number of carbonyl (C=O) groups is 1. The summed E-state index contributed by atoms with van der Waals surface area (Å²) in [4.78, 5) is 14.9. The number of amides is 1. The van der Waals surface area contributed by atoms with E-state index in [9.17, 15) is 13.2 Å². The first kappa shape index (κ1) is 25.8. The summed E-state index contributed by atoms with van der Waals surface area (Å²) in [6.45, 7) is 4.60. The van der Waals surface area contributed by atoms with Crippen molar-refractivity contribution in [2.24, 2.45) is 0 Å². The van der Waals surface area contributed by atoms with Crippen LogP contribution in [0.3, 0.4) is 0 Å². The van der Waals surface area contributed by atoms with Crippen LogP contribution in [0.15, 0.2) is 42.5 Å². The van der Waals surface area contributed by atoms with Gasteiger partial charge in [0.15, 0.2) is 0 Å². The molecule has 0 aliphatic carbocycles. The zero-order valence-electron chi connectivity index (χ0n) is 20.0. The van der Waals surface area contributed by atoms with E-state index in [1.165, 1.54) is 5.56 Å². The summed E-state index contributed by atoms with van der Waals surface area (Å²) in [5.41, 5.74) is 3.90. The zero-order valence-corrected chi connectivity index (χ0v) is 20.8. The number of likely N-dealkylation sites (tertiary alicyclic amines) is 1. The first-order valence-corrected chi connectivity index (χ1v) is 13.2. The van der Waals surface area contributed by atoms with Crippen molar-refractivity contribution in [3.8, 4) is 11.8 Å². The van der Waals surface area contributed by atoms with Crippen molar-refractivity contribution in [1.82, 2.24) is 4.90 Å². The highest BCUT2D eigenvalue weighted by molar-refractivity contribution is 7.92. The molecule has 8 heteroatoms. The highest BCUT2D eigenvalue weighted by Gasteiger charge is 2.25. The molecule has 1 aliphatic heterocycles. The molecule has 1 amide bonds. The smallest absolute Gasteiger partial charge is 0.253 e. The van der Waals surface area contributed by atoms with E-state index in [0.29, 0.717) is 50.1 Å². The summed E-state index contributed by atoms with van der Waals surface area (Å²) in [5, 5.41) is 0. The standard InChI is InChI=1S/C26H32N2O5S/c1-20-6-9-24(19-25(20)27-34(3,30)31)26(29)28-14-12-23(13-15-28)22-10-7-21(8-11-22)5-4-16-33-18-17-32-2/h6-11,19,23,27H,12-18H2,1-3H3. The predicted molar refractivity (Wildman–Crippen MR) is 134 cm³/mol. The fourth-order valence-electron chi connectivity index (χ4n) is 3.91. The second kappa shape index (κ2) is 12.0. The molecule has 0 saturated carbocycles. The minimum Gasteiger partial charge on any atom is -0.382 e. The van der Waals surface area contributed by atoms with Crippen LogP contribution >= 0.6 is 0 Å². The van der Waals surface area contributed by atoms with E-state index in [1.807, 2.05) is 17.0 Å². The fourth-order valence-corrected chi connectivity index (χ4v) is 4.52. The Bertz CT molecular complexity index is 1140. The van der Waals surface area contributed by atoms with Crippen LogP contribution in [0.5, 0.6) is 0 Å². The first-order chi connectivity index (χ1) is 16.3. The second-order valence-corrected chi connectivity index (χ2v) is 10.2. The van der Waals surface area contributed by atoms with Crippen molar-refractivity contribution in [2.45, 2.75) is 25.7 Å². The SMILES string of the molecule is COCCOCC#Cc1ccc(C2CCN(C(=O)c3ccc(C)c(NS(C)(=O)=O)c3)CC2)cc1. The Hall–Kier alpha value is -2.86. The second-order valence-electron chi connectivity index (χ2n) is 8.44. The largest absolute Gasteiger partial charge is 0.382 e. The van der Waals surface area contributed by atoms with Crippen molar-refractivity contribution in [3.63, 3.8) is 0 Å². The van der Waals surface area contributed by atoms with Gasteiger partial charge in [-0.2, -0.15) is 0 Å². The van der Waals surface area contributed by atoms with E-state index in [1.54, 1.807) is 32.2 Å². The molecule has 0 atom stereocenters. The normalized spacial score (nSPS) is 14.4. The molecule has 1 aliphatic rings. The Morgan fingerprint density at radius 1 is 1.12 bits per heavy atom. The third-order valence-electron chi connectivity index (χ3n) is 5.78. The molecule has 34 heavy (non-hydrogen) atoms. The number of nitrogens with zero attached hydrogens (tertiary/aromatic N) is 1. The van der Waals surface area contributed by atoms with Crippen LogP contribution in [0.2, 0.25) is 0 Å². The Kier molecular flexibility index (Phi) is 9.11. The van der Waals surface area contributed by atoms with Crippen molar-refractivity contribution in [1.29, 1.82) is 0 Å².